The van der Waals surface area contributed by atoms with E-state index in [2.05, 4.69) is 6.07 Å². The van der Waals surface area contributed by atoms with Gasteiger partial charge in [0, 0.05) is 5.54 Å². The molecule has 0 spiro atoms. The van der Waals surface area contributed by atoms with Crippen molar-refractivity contribution in [2.45, 2.75) is 44.2 Å². The molecule has 0 saturated heterocycles. The van der Waals surface area contributed by atoms with Crippen molar-refractivity contribution < 1.29 is 5.11 Å². The van der Waals surface area contributed by atoms with Crippen LogP contribution in [0.1, 0.15) is 49.8 Å². The lowest BCUT2D eigenvalue weighted by Gasteiger charge is -2.27. The van der Waals surface area contributed by atoms with Gasteiger partial charge in [-0.05, 0) is 43.7 Å². The van der Waals surface area contributed by atoms with Crippen LogP contribution in [0, 0.1) is 0 Å². The Morgan fingerprint density at radius 2 is 1.93 bits per heavy atom. The van der Waals surface area contributed by atoms with Crippen LogP contribution in [-0.4, -0.2) is 10.6 Å². The van der Waals surface area contributed by atoms with Crippen molar-refractivity contribution in [1.29, 1.82) is 0 Å². The molecule has 82 valence electrons. The van der Waals surface area contributed by atoms with Crippen molar-refractivity contribution in [3.05, 3.63) is 35.4 Å². The first-order chi connectivity index (χ1) is 7.00. The van der Waals surface area contributed by atoms with Crippen LogP contribution in [0.25, 0.3) is 0 Å². The topological polar surface area (TPSA) is 46.2 Å². The second kappa shape index (κ2) is 3.62. The lowest BCUT2D eigenvalue weighted by Crippen LogP contribution is -2.39. The van der Waals surface area contributed by atoms with Crippen LogP contribution in [0.3, 0.4) is 0 Å². The lowest BCUT2D eigenvalue weighted by molar-refractivity contribution is 0.104. The monoisotopic (exact) mass is 205 g/mol. The van der Waals surface area contributed by atoms with E-state index < -0.39 is 11.6 Å². The van der Waals surface area contributed by atoms with Crippen LogP contribution in [-0.2, 0) is 0 Å². The van der Waals surface area contributed by atoms with E-state index in [0.717, 1.165) is 5.56 Å². The van der Waals surface area contributed by atoms with Gasteiger partial charge in [0.25, 0.3) is 0 Å². The highest BCUT2D eigenvalue weighted by atomic mass is 16.3. The van der Waals surface area contributed by atoms with Crippen molar-refractivity contribution in [3.63, 3.8) is 0 Å². The molecule has 3 N–H and O–H groups in total. The van der Waals surface area contributed by atoms with Gasteiger partial charge in [-0.3, -0.25) is 0 Å². The molecule has 2 heteroatoms. The van der Waals surface area contributed by atoms with Crippen LogP contribution >= 0.6 is 0 Å². The standard InChI is InChI=1S/C13H19NO/c1-13(2,14)12(15)11-6-4-3-5-10(11)9-7-8-9/h3-6,9,12,15H,7-8,14H2,1-2H3. The summed E-state index contributed by atoms with van der Waals surface area (Å²) in [7, 11) is 0. The van der Waals surface area contributed by atoms with Crippen LogP contribution in [0.2, 0.25) is 0 Å². The molecule has 1 aromatic carbocycles. The van der Waals surface area contributed by atoms with E-state index in [0.29, 0.717) is 5.92 Å². The van der Waals surface area contributed by atoms with Gasteiger partial charge >= 0.3 is 0 Å². The first-order valence-corrected chi connectivity index (χ1v) is 5.56. The molecule has 0 radical (unpaired) electrons. The zero-order chi connectivity index (χ0) is 11.1. The van der Waals surface area contributed by atoms with Gasteiger partial charge < -0.3 is 10.8 Å². The van der Waals surface area contributed by atoms with E-state index in [1.807, 2.05) is 32.0 Å². The maximum absolute atomic E-state index is 10.2. The van der Waals surface area contributed by atoms with Gasteiger partial charge in [-0.25, -0.2) is 0 Å². The van der Waals surface area contributed by atoms with Crippen LogP contribution in [0.4, 0.5) is 0 Å². The summed E-state index contributed by atoms with van der Waals surface area (Å²) < 4.78 is 0. The maximum atomic E-state index is 10.2. The molecule has 1 fully saturated rings. The van der Waals surface area contributed by atoms with E-state index in [1.54, 1.807) is 0 Å². The average Bonchev–Trinajstić information content (AvgIpc) is 2.98. The zero-order valence-electron chi connectivity index (χ0n) is 9.40. The molecular formula is C13H19NO. The molecule has 0 aromatic heterocycles. The minimum absolute atomic E-state index is 0.575. The number of rotatable bonds is 3. The minimum Gasteiger partial charge on any atom is -0.386 e. The number of aliphatic hydroxyl groups excluding tert-OH is 1. The van der Waals surface area contributed by atoms with Gasteiger partial charge in [0.05, 0.1) is 6.10 Å². The largest absolute Gasteiger partial charge is 0.386 e. The molecular weight excluding hydrogens is 186 g/mol. The lowest BCUT2D eigenvalue weighted by atomic mass is 9.88. The van der Waals surface area contributed by atoms with Crippen molar-refractivity contribution in [2.24, 2.45) is 5.73 Å². The first kappa shape index (κ1) is 10.7. The highest BCUT2D eigenvalue weighted by Crippen LogP contribution is 2.43. The molecule has 1 saturated carbocycles. The summed E-state index contributed by atoms with van der Waals surface area (Å²) in [6.07, 6.45) is 1.91. The molecule has 1 aromatic rings. The van der Waals surface area contributed by atoms with Gasteiger partial charge in [0.2, 0.25) is 0 Å². The number of hydrogen-bond acceptors (Lipinski definition) is 2. The zero-order valence-corrected chi connectivity index (χ0v) is 9.40. The number of benzene rings is 1. The number of nitrogens with two attached hydrogens (primary N) is 1. The van der Waals surface area contributed by atoms with Crippen molar-refractivity contribution in [2.75, 3.05) is 0 Å². The fourth-order valence-electron chi connectivity index (χ4n) is 1.93. The molecule has 1 aliphatic carbocycles. The van der Waals surface area contributed by atoms with E-state index in [1.165, 1.54) is 18.4 Å². The highest BCUT2D eigenvalue weighted by molar-refractivity contribution is 5.36. The van der Waals surface area contributed by atoms with Gasteiger partial charge in [0.15, 0.2) is 0 Å². The van der Waals surface area contributed by atoms with Gasteiger partial charge in [-0.1, -0.05) is 24.3 Å². The molecule has 15 heavy (non-hydrogen) atoms. The summed E-state index contributed by atoms with van der Waals surface area (Å²) in [5.74, 6) is 0.651. The predicted molar refractivity (Wildman–Crippen MR) is 61.6 cm³/mol. The fraction of sp³-hybridized carbons (Fsp3) is 0.538. The van der Waals surface area contributed by atoms with E-state index in [9.17, 15) is 5.11 Å². The predicted octanol–water partition coefficient (Wildman–Crippen LogP) is 2.33. The van der Waals surface area contributed by atoms with Crippen molar-refractivity contribution >= 4 is 0 Å². The Morgan fingerprint density at radius 1 is 1.33 bits per heavy atom. The second-order valence-electron chi connectivity index (χ2n) is 5.13. The number of hydrogen-bond donors (Lipinski definition) is 2. The van der Waals surface area contributed by atoms with Crippen molar-refractivity contribution in [3.8, 4) is 0 Å². The van der Waals surface area contributed by atoms with Crippen molar-refractivity contribution in [1.82, 2.24) is 0 Å². The van der Waals surface area contributed by atoms with Crippen LogP contribution in [0.5, 0.6) is 0 Å². The maximum Gasteiger partial charge on any atom is 0.0966 e. The Balaban J connectivity index is 2.34. The Kier molecular flexibility index (Phi) is 2.57. The molecule has 1 unspecified atom stereocenters. The summed E-state index contributed by atoms with van der Waals surface area (Å²) >= 11 is 0. The second-order valence-corrected chi connectivity index (χ2v) is 5.13. The summed E-state index contributed by atoms with van der Waals surface area (Å²) in [6.45, 7) is 3.72. The highest BCUT2D eigenvalue weighted by Gasteiger charge is 2.31. The number of aliphatic hydroxyl groups is 1. The SMILES string of the molecule is CC(C)(N)C(O)c1ccccc1C1CC1. The normalized spacial score (nSPS) is 18.9. The van der Waals surface area contributed by atoms with Gasteiger partial charge in [-0.2, -0.15) is 0 Å². The summed E-state index contributed by atoms with van der Waals surface area (Å²) in [5, 5.41) is 10.2. The Morgan fingerprint density at radius 3 is 2.47 bits per heavy atom. The molecule has 1 aliphatic rings. The van der Waals surface area contributed by atoms with Crippen LogP contribution < -0.4 is 5.73 Å². The Bertz CT molecular complexity index is 350. The quantitative estimate of drug-likeness (QED) is 0.795. The van der Waals surface area contributed by atoms with E-state index >= 15 is 0 Å². The summed E-state index contributed by atoms with van der Waals surface area (Å²) in [6, 6.07) is 8.11. The van der Waals surface area contributed by atoms with E-state index in [4.69, 9.17) is 5.73 Å². The van der Waals surface area contributed by atoms with Gasteiger partial charge in [-0.15, -0.1) is 0 Å². The van der Waals surface area contributed by atoms with Gasteiger partial charge in [0.1, 0.15) is 0 Å². The summed E-state index contributed by atoms with van der Waals surface area (Å²) in [4.78, 5) is 0. The molecule has 2 rings (SSSR count). The summed E-state index contributed by atoms with van der Waals surface area (Å²) in [5.41, 5.74) is 7.66. The molecule has 0 heterocycles. The Labute approximate surface area is 91.1 Å². The third-order valence-corrected chi connectivity index (χ3v) is 3.01. The molecule has 0 aliphatic heterocycles. The molecule has 0 amide bonds. The third-order valence-electron chi connectivity index (χ3n) is 3.01. The third kappa shape index (κ3) is 2.21. The smallest absolute Gasteiger partial charge is 0.0966 e. The Hall–Kier alpha value is -0.860. The molecule has 0 bridgehead atoms. The molecule has 1 atom stereocenters. The van der Waals surface area contributed by atoms with E-state index in [-0.39, 0.29) is 0 Å². The minimum atomic E-state index is -0.578. The van der Waals surface area contributed by atoms with Crippen LogP contribution in [0.15, 0.2) is 24.3 Å². The fourth-order valence-corrected chi connectivity index (χ4v) is 1.93. The molecule has 2 nitrogen and oxygen atoms in total. The first-order valence-electron chi connectivity index (χ1n) is 5.56. The average molecular weight is 205 g/mol.